The van der Waals surface area contributed by atoms with Crippen LogP contribution in [0.4, 0.5) is 5.69 Å². The van der Waals surface area contributed by atoms with Gasteiger partial charge in [0.1, 0.15) is 0 Å². The Morgan fingerprint density at radius 2 is 1.83 bits per heavy atom. The number of carbonyl (C=O) groups is 1. The van der Waals surface area contributed by atoms with E-state index >= 15 is 0 Å². The molecule has 2 N–H and O–H groups in total. The number of hydrogen-bond acceptors (Lipinski definition) is 2. The highest BCUT2D eigenvalue weighted by molar-refractivity contribution is 6.33. The zero-order chi connectivity index (χ0) is 13.7. The van der Waals surface area contributed by atoms with Crippen molar-refractivity contribution in [3.63, 3.8) is 0 Å². The van der Waals surface area contributed by atoms with E-state index in [1.54, 1.807) is 12.1 Å². The standard InChI is InChI=1S/C14H18ClNO2/c1-13(2)12(14(13,3)4)16-10-6-5-8(11(17)18)7-9(10)15/h5-7,12,16H,1-4H3,(H,17,18). The lowest BCUT2D eigenvalue weighted by Gasteiger charge is -2.10. The average Bonchev–Trinajstić information content (AvgIpc) is 2.63. The third-order valence-corrected chi connectivity index (χ3v) is 4.85. The van der Waals surface area contributed by atoms with Crippen molar-refractivity contribution in [2.75, 3.05) is 5.32 Å². The maximum atomic E-state index is 10.8. The Balaban J connectivity index is 2.20. The zero-order valence-corrected chi connectivity index (χ0v) is 11.8. The topological polar surface area (TPSA) is 49.3 Å². The summed E-state index contributed by atoms with van der Waals surface area (Å²) in [4.78, 5) is 10.8. The fraction of sp³-hybridized carbons (Fsp3) is 0.500. The number of anilines is 1. The Labute approximate surface area is 112 Å². The lowest BCUT2D eigenvalue weighted by molar-refractivity contribution is 0.0697. The summed E-state index contributed by atoms with van der Waals surface area (Å²) in [7, 11) is 0. The third kappa shape index (κ3) is 1.87. The van der Waals surface area contributed by atoms with Gasteiger partial charge in [0.25, 0.3) is 0 Å². The first-order valence-corrected chi connectivity index (χ1v) is 6.35. The molecule has 4 heteroatoms. The highest BCUT2D eigenvalue weighted by atomic mass is 35.5. The van der Waals surface area contributed by atoms with Crippen molar-refractivity contribution in [1.82, 2.24) is 0 Å². The molecule has 0 saturated heterocycles. The molecule has 2 rings (SSSR count). The summed E-state index contributed by atoms with van der Waals surface area (Å²) in [6.07, 6.45) is 0. The first kappa shape index (κ1) is 13.2. The van der Waals surface area contributed by atoms with Gasteiger partial charge in [-0.15, -0.1) is 0 Å². The summed E-state index contributed by atoms with van der Waals surface area (Å²) in [5, 5.41) is 12.7. The van der Waals surface area contributed by atoms with Crippen LogP contribution in [0.1, 0.15) is 38.1 Å². The predicted octanol–water partition coefficient (Wildman–Crippen LogP) is 3.88. The summed E-state index contributed by atoms with van der Waals surface area (Å²) in [5.41, 5.74) is 1.43. The first-order valence-electron chi connectivity index (χ1n) is 5.97. The molecule has 18 heavy (non-hydrogen) atoms. The molecule has 1 saturated carbocycles. The summed E-state index contributed by atoms with van der Waals surface area (Å²) >= 11 is 6.11. The van der Waals surface area contributed by atoms with E-state index in [0.29, 0.717) is 11.1 Å². The highest BCUT2D eigenvalue weighted by Crippen LogP contribution is 2.63. The normalized spacial score (nSPS) is 20.5. The minimum absolute atomic E-state index is 0.208. The molecule has 1 aromatic rings. The molecule has 3 nitrogen and oxygen atoms in total. The minimum Gasteiger partial charge on any atom is -0.478 e. The Morgan fingerprint density at radius 1 is 1.28 bits per heavy atom. The maximum absolute atomic E-state index is 10.8. The van der Waals surface area contributed by atoms with E-state index in [-0.39, 0.29) is 16.4 Å². The molecule has 0 atom stereocenters. The third-order valence-electron chi connectivity index (χ3n) is 4.54. The van der Waals surface area contributed by atoms with Gasteiger partial charge in [0, 0.05) is 6.04 Å². The van der Waals surface area contributed by atoms with Crippen LogP contribution in [0.15, 0.2) is 18.2 Å². The molecule has 0 amide bonds. The van der Waals surface area contributed by atoms with E-state index in [4.69, 9.17) is 16.7 Å². The number of carboxylic acids is 1. The largest absolute Gasteiger partial charge is 0.478 e. The number of aromatic carboxylic acids is 1. The molecular weight excluding hydrogens is 250 g/mol. The van der Waals surface area contributed by atoms with Gasteiger partial charge < -0.3 is 10.4 Å². The van der Waals surface area contributed by atoms with E-state index in [1.807, 2.05) is 0 Å². The van der Waals surface area contributed by atoms with Crippen LogP contribution in [0.3, 0.4) is 0 Å². The van der Waals surface area contributed by atoms with Crippen molar-refractivity contribution in [2.24, 2.45) is 10.8 Å². The van der Waals surface area contributed by atoms with Crippen LogP contribution in [-0.4, -0.2) is 17.1 Å². The molecule has 0 bridgehead atoms. The molecule has 1 aromatic carbocycles. The Morgan fingerprint density at radius 3 is 2.22 bits per heavy atom. The zero-order valence-electron chi connectivity index (χ0n) is 11.0. The summed E-state index contributed by atoms with van der Waals surface area (Å²) in [5.74, 6) is -0.962. The van der Waals surface area contributed by atoms with Gasteiger partial charge in [-0.2, -0.15) is 0 Å². The molecule has 0 heterocycles. The second kappa shape index (κ2) is 3.89. The predicted molar refractivity (Wildman–Crippen MR) is 73.4 cm³/mol. The van der Waals surface area contributed by atoms with Gasteiger partial charge in [-0.05, 0) is 29.0 Å². The molecule has 98 valence electrons. The Kier molecular flexibility index (Phi) is 2.85. The molecule has 0 spiro atoms. The van der Waals surface area contributed by atoms with E-state index < -0.39 is 5.97 Å². The second-order valence-electron chi connectivity index (χ2n) is 6.02. The average molecular weight is 268 g/mol. The van der Waals surface area contributed by atoms with Gasteiger partial charge in [0.15, 0.2) is 0 Å². The summed E-state index contributed by atoms with van der Waals surface area (Å²) in [6, 6.07) is 5.13. The van der Waals surface area contributed by atoms with Gasteiger partial charge in [-0.1, -0.05) is 39.3 Å². The lowest BCUT2D eigenvalue weighted by atomic mass is 10.0. The van der Waals surface area contributed by atoms with Crippen molar-refractivity contribution >= 4 is 23.3 Å². The molecule has 1 aliphatic rings. The van der Waals surface area contributed by atoms with Crippen LogP contribution in [-0.2, 0) is 0 Å². The number of carboxylic acid groups (broad SMARTS) is 1. The Bertz CT molecular complexity index is 495. The monoisotopic (exact) mass is 267 g/mol. The quantitative estimate of drug-likeness (QED) is 0.874. The number of benzene rings is 1. The number of rotatable bonds is 3. The van der Waals surface area contributed by atoms with Crippen LogP contribution in [0.2, 0.25) is 5.02 Å². The Hall–Kier alpha value is -1.22. The van der Waals surface area contributed by atoms with E-state index in [2.05, 4.69) is 33.0 Å². The summed E-state index contributed by atoms with van der Waals surface area (Å²) < 4.78 is 0. The molecule has 1 aliphatic carbocycles. The van der Waals surface area contributed by atoms with Crippen molar-refractivity contribution in [2.45, 2.75) is 33.7 Å². The van der Waals surface area contributed by atoms with Gasteiger partial charge >= 0.3 is 5.97 Å². The van der Waals surface area contributed by atoms with Gasteiger partial charge in [-0.25, -0.2) is 4.79 Å². The van der Waals surface area contributed by atoms with Crippen molar-refractivity contribution in [3.05, 3.63) is 28.8 Å². The van der Waals surface area contributed by atoms with Gasteiger partial charge in [0.2, 0.25) is 0 Å². The minimum atomic E-state index is -0.962. The number of hydrogen-bond donors (Lipinski definition) is 2. The van der Waals surface area contributed by atoms with E-state index in [0.717, 1.165) is 5.69 Å². The van der Waals surface area contributed by atoms with Gasteiger partial charge in [-0.3, -0.25) is 0 Å². The van der Waals surface area contributed by atoms with Crippen LogP contribution < -0.4 is 5.32 Å². The lowest BCUT2D eigenvalue weighted by Crippen LogP contribution is -2.10. The highest BCUT2D eigenvalue weighted by Gasteiger charge is 2.64. The van der Waals surface area contributed by atoms with Gasteiger partial charge in [0.05, 0.1) is 16.3 Å². The summed E-state index contributed by atoms with van der Waals surface area (Å²) in [6.45, 7) is 8.85. The van der Waals surface area contributed by atoms with E-state index in [9.17, 15) is 4.79 Å². The van der Waals surface area contributed by atoms with Crippen LogP contribution in [0.25, 0.3) is 0 Å². The van der Waals surface area contributed by atoms with Crippen LogP contribution >= 0.6 is 11.6 Å². The molecule has 0 unspecified atom stereocenters. The molecule has 0 radical (unpaired) electrons. The number of nitrogens with one attached hydrogen (secondary N) is 1. The van der Waals surface area contributed by atoms with Crippen molar-refractivity contribution in [3.8, 4) is 0 Å². The van der Waals surface area contributed by atoms with Crippen molar-refractivity contribution in [1.29, 1.82) is 0 Å². The fourth-order valence-corrected chi connectivity index (χ4v) is 2.71. The maximum Gasteiger partial charge on any atom is 0.335 e. The molecule has 1 fully saturated rings. The smallest absolute Gasteiger partial charge is 0.335 e. The fourth-order valence-electron chi connectivity index (χ4n) is 2.48. The van der Waals surface area contributed by atoms with E-state index in [1.165, 1.54) is 6.07 Å². The SMILES string of the molecule is CC1(C)C(Nc2ccc(C(=O)O)cc2Cl)C1(C)C. The van der Waals surface area contributed by atoms with Crippen molar-refractivity contribution < 1.29 is 9.90 Å². The van der Waals surface area contributed by atoms with Crippen LogP contribution in [0, 0.1) is 10.8 Å². The molecule has 0 aliphatic heterocycles. The number of halogens is 1. The molecular formula is C14H18ClNO2. The molecule has 0 aromatic heterocycles. The van der Waals surface area contributed by atoms with Crippen LogP contribution in [0.5, 0.6) is 0 Å². The first-order chi connectivity index (χ1) is 8.18. The second-order valence-corrected chi connectivity index (χ2v) is 6.43.